The lowest BCUT2D eigenvalue weighted by atomic mass is 10.2. The quantitative estimate of drug-likeness (QED) is 0.524. The van der Waals surface area contributed by atoms with Gasteiger partial charge in [-0.15, -0.1) is 11.8 Å². The standard InChI is InChI=1S/C15H19BrN4O2S.ClH/c1-15(2,3)22-14(21)19-6-7-23-11(9-19)12-10-8-17-4-5-20(10)13(16)18-12;/h4-5,8,11H,6-7,9H2,1-3H3;1H. The van der Waals surface area contributed by atoms with Crippen molar-refractivity contribution in [2.75, 3.05) is 18.8 Å². The van der Waals surface area contributed by atoms with Crippen molar-refractivity contribution >= 4 is 44.7 Å². The van der Waals surface area contributed by atoms with Gasteiger partial charge < -0.3 is 22.0 Å². The fourth-order valence-electron chi connectivity index (χ4n) is 2.56. The van der Waals surface area contributed by atoms with Crippen molar-refractivity contribution in [1.82, 2.24) is 4.90 Å². The van der Waals surface area contributed by atoms with Crippen LogP contribution in [0.25, 0.3) is 0 Å². The molecule has 6 nitrogen and oxygen atoms in total. The van der Waals surface area contributed by atoms with Crippen LogP contribution in [0.4, 0.5) is 4.79 Å². The number of hydrogen-bond donors (Lipinski definition) is 1. The van der Waals surface area contributed by atoms with Crippen LogP contribution >= 0.6 is 27.7 Å². The summed E-state index contributed by atoms with van der Waals surface area (Å²) < 4.78 is 6.32. The number of rotatable bonds is 1. The van der Waals surface area contributed by atoms with Gasteiger partial charge in [0.1, 0.15) is 17.5 Å². The number of halogens is 2. The number of amidine groups is 1. The fraction of sp³-hybridized carbons (Fsp3) is 0.533. The van der Waals surface area contributed by atoms with Crippen LogP contribution in [-0.2, 0) is 4.74 Å². The number of hydrogen-bond acceptors (Lipinski definition) is 5. The Hall–Kier alpha value is -0.830. The van der Waals surface area contributed by atoms with E-state index < -0.39 is 5.60 Å². The van der Waals surface area contributed by atoms with Gasteiger partial charge >= 0.3 is 6.09 Å². The Morgan fingerprint density at radius 1 is 1.50 bits per heavy atom. The Balaban J connectivity index is 0.00000208. The van der Waals surface area contributed by atoms with Crippen LogP contribution in [-0.4, -0.2) is 51.6 Å². The van der Waals surface area contributed by atoms with E-state index in [1.54, 1.807) is 11.1 Å². The normalized spacial score (nSPS) is 26.0. The second-order valence-corrected chi connectivity index (χ2v) is 8.56. The molecule has 2 unspecified atom stereocenters. The van der Waals surface area contributed by atoms with Crippen molar-refractivity contribution in [3.05, 3.63) is 23.8 Å². The minimum absolute atomic E-state index is 0. The lowest BCUT2D eigenvalue weighted by Gasteiger charge is -2.33. The van der Waals surface area contributed by atoms with Gasteiger partial charge in [-0.25, -0.2) is 9.69 Å². The molecular formula is C15H20BrClN4O2S. The summed E-state index contributed by atoms with van der Waals surface area (Å²) in [6.07, 6.45) is 5.31. The number of quaternary nitrogens is 1. The van der Waals surface area contributed by atoms with Gasteiger partial charge in [-0.05, 0) is 20.8 Å². The molecule has 0 aromatic carbocycles. The molecule has 0 bridgehead atoms. The molecule has 3 rings (SSSR count). The molecule has 3 aliphatic rings. The topological polar surface area (TPSA) is 58.7 Å². The van der Waals surface area contributed by atoms with E-state index in [0.717, 1.165) is 26.8 Å². The van der Waals surface area contributed by atoms with Gasteiger partial charge in [-0.3, -0.25) is 4.99 Å². The number of fused-ring (bicyclic) bond motifs is 1. The molecule has 1 saturated heterocycles. The van der Waals surface area contributed by atoms with E-state index in [-0.39, 0.29) is 23.8 Å². The highest BCUT2D eigenvalue weighted by Gasteiger charge is 2.38. The summed E-state index contributed by atoms with van der Waals surface area (Å²) in [7, 11) is 0. The molecule has 0 spiro atoms. The smallest absolute Gasteiger partial charge is 0.410 e. The Labute approximate surface area is 160 Å². The minimum Gasteiger partial charge on any atom is -1.00 e. The number of carbonyl (C=O) groups is 1. The molecule has 9 heteroatoms. The predicted octanol–water partition coefficient (Wildman–Crippen LogP) is -1.24. The molecule has 24 heavy (non-hydrogen) atoms. The van der Waals surface area contributed by atoms with Gasteiger partial charge in [0.15, 0.2) is 5.70 Å². The van der Waals surface area contributed by atoms with Crippen LogP contribution < -0.4 is 17.3 Å². The lowest BCUT2D eigenvalue weighted by molar-refractivity contribution is -0.685. The zero-order valence-electron chi connectivity index (χ0n) is 13.8. The van der Waals surface area contributed by atoms with E-state index in [9.17, 15) is 4.79 Å². The van der Waals surface area contributed by atoms with Gasteiger partial charge in [0, 0.05) is 34.8 Å². The highest BCUT2D eigenvalue weighted by molar-refractivity contribution is 9.18. The van der Waals surface area contributed by atoms with Crippen LogP contribution in [0.2, 0.25) is 0 Å². The predicted molar refractivity (Wildman–Crippen MR) is 96.0 cm³/mol. The average Bonchev–Trinajstić information content (AvgIpc) is 2.83. The SMILES string of the molecule is CC(C)(C)OC(=O)N1CCSC(C2=C3C=NC=C[NH+]3C(Br)=N2)C1.[Cl-]. The van der Waals surface area contributed by atoms with E-state index in [0.29, 0.717) is 13.1 Å². The van der Waals surface area contributed by atoms with Gasteiger partial charge in [0.05, 0.1) is 17.7 Å². The third-order valence-corrected chi connectivity index (χ3v) is 5.36. The summed E-state index contributed by atoms with van der Waals surface area (Å²) in [6, 6.07) is 0. The van der Waals surface area contributed by atoms with Crippen LogP contribution in [0.3, 0.4) is 0 Å². The summed E-state index contributed by atoms with van der Waals surface area (Å²) in [5, 5.41) is 0.134. The van der Waals surface area contributed by atoms with Crippen LogP contribution in [0.1, 0.15) is 20.8 Å². The molecule has 3 aliphatic heterocycles. The number of thioether (sulfide) groups is 1. The molecule has 1 fully saturated rings. The third-order valence-electron chi connectivity index (χ3n) is 3.56. The van der Waals surface area contributed by atoms with Crippen LogP contribution in [0.5, 0.6) is 0 Å². The molecule has 2 atom stereocenters. The molecule has 0 aliphatic carbocycles. The van der Waals surface area contributed by atoms with Crippen LogP contribution in [0.15, 0.2) is 33.8 Å². The summed E-state index contributed by atoms with van der Waals surface area (Å²) in [4.78, 5) is 24.0. The zero-order valence-corrected chi connectivity index (χ0v) is 16.9. The molecule has 132 valence electrons. The van der Waals surface area contributed by atoms with Crippen molar-refractivity contribution in [3.8, 4) is 0 Å². The van der Waals surface area contributed by atoms with Crippen molar-refractivity contribution in [2.45, 2.75) is 31.6 Å². The first-order chi connectivity index (χ1) is 10.8. The third kappa shape index (κ3) is 4.22. The van der Waals surface area contributed by atoms with Gasteiger partial charge in [0.2, 0.25) is 0 Å². The second-order valence-electron chi connectivity index (χ2n) is 6.49. The summed E-state index contributed by atoms with van der Waals surface area (Å²) in [6.45, 7) is 6.96. The van der Waals surface area contributed by atoms with E-state index in [2.05, 4.69) is 25.9 Å². The first-order valence-electron chi connectivity index (χ1n) is 7.50. The number of aliphatic imine (C=N–C) groups is 2. The number of ether oxygens (including phenoxy) is 1. The van der Waals surface area contributed by atoms with Gasteiger partial charge in [0.25, 0.3) is 4.74 Å². The zero-order chi connectivity index (χ0) is 16.6. The highest BCUT2D eigenvalue weighted by atomic mass is 79.9. The molecular weight excluding hydrogens is 416 g/mol. The summed E-state index contributed by atoms with van der Waals surface area (Å²) in [5.74, 6) is 0.871. The largest absolute Gasteiger partial charge is 1.00 e. The number of nitrogens with zero attached hydrogens (tertiary/aromatic N) is 3. The first kappa shape index (κ1) is 19.5. The molecule has 1 N–H and O–H groups in total. The fourth-order valence-corrected chi connectivity index (χ4v) is 4.33. The lowest BCUT2D eigenvalue weighted by Crippen LogP contribution is -3.07. The number of carbonyl (C=O) groups excluding carboxylic acids is 1. The van der Waals surface area contributed by atoms with Crippen molar-refractivity contribution in [1.29, 1.82) is 0 Å². The maximum Gasteiger partial charge on any atom is 0.410 e. The van der Waals surface area contributed by atoms with E-state index in [4.69, 9.17) is 4.74 Å². The molecule has 0 aromatic rings. The second kappa shape index (κ2) is 7.59. The maximum atomic E-state index is 12.3. The Morgan fingerprint density at radius 2 is 2.25 bits per heavy atom. The van der Waals surface area contributed by atoms with Crippen molar-refractivity contribution in [2.24, 2.45) is 9.98 Å². The first-order valence-corrected chi connectivity index (χ1v) is 9.34. The van der Waals surface area contributed by atoms with Gasteiger partial charge in [-0.2, -0.15) is 4.99 Å². The van der Waals surface area contributed by atoms with E-state index >= 15 is 0 Å². The molecule has 3 heterocycles. The van der Waals surface area contributed by atoms with E-state index in [1.807, 2.05) is 44.9 Å². The monoisotopic (exact) mass is 434 g/mol. The molecule has 1 amide bonds. The Bertz CT molecular complexity index is 642. The number of amides is 1. The van der Waals surface area contributed by atoms with Crippen molar-refractivity contribution < 1.29 is 26.8 Å². The highest BCUT2D eigenvalue weighted by Crippen LogP contribution is 2.29. The Kier molecular flexibility index (Phi) is 6.17. The van der Waals surface area contributed by atoms with E-state index in [1.165, 1.54) is 0 Å². The molecule has 0 radical (unpaired) electrons. The maximum absolute atomic E-state index is 12.3. The van der Waals surface area contributed by atoms with Gasteiger partial charge in [-0.1, -0.05) is 0 Å². The van der Waals surface area contributed by atoms with Crippen LogP contribution in [0, 0.1) is 0 Å². The average molecular weight is 436 g/mol. The van der Waals surface area contributed by atoms with Crippen molar-refractivity contribution in [3.63, 3.8) is 0 Å². The summed E-state index contributed by atoms with van der Waals surface area (Å²) in [5.41, 5.74) is 1.55. The summed E-state index contributed by atoms with van der Waals surface area (Å²) >= 11 is 5.34. The minimum atomic E-state index is -0.477. The molecule has 0 aromatic heterocycles. The molecule has 0 saturated carbocycles. The Morgan fingerprint density at radius 3 is 2.96 bits per heavy atom. The number of nitrogens with one attached hydrogen (secondary N) is 1. The number of allylic oxidation sites excluding steroid dienone is 1.